The van der Waals surface area contributed by atoms with E-state index >= 15 is 0 Å². The summed E-state index contributed by atoms with van der Waals surface area (Å²) in [5.74, 6) is 1.74. The molecule has 0 fully saturated rings. The van der Waals surface area contributed by atoms with E-state index in [-0.39, 0.29) is 0 Å². The average Bonchev–Trinajstić information content (AvgIpc) is 2.34. The third-order valence-electron chi connectivity index (χ3n) is 3.73. The largest absolute Gasteiger partial charge is 0.0885 e. The molecular formula is C19H38. The Kier molecular flexibility index (Phi) is 14.0. The van der Waals surface area contributed by atoms with Gasteiger partial charge in [0.05, 0.1) is 0 Å². The van der Waals surface area contributed by atoms with Crippen molar-refractivity contribution in [1.82, 2.24) is 0 Å². The molecule has 0 spiro atoms. The molecule has 0 rings (SSSR count). The van der Waals surface area contributed by atoms with Gasteiger partial charge in [0.25, 0.3) is 0 Å². The van der Waals surface area contributed by atoms with E-state index in [1.165, 1.54) is 70.6 Å². The van der Waals surface area contributed by atoms with Crippen LogP contribution >= 0.6 is 0 Å². The van der Waals surface area contributed by atoms with E-state index in [0.717, 1.165) is 11.8 Å². The SMILES string of the molecule is CC(C)CC/C=C\CCCCCCCCCC(C)C. The summed E-state index contributed by atoms with van der Waals surface area (Å²) in [5, 5.41) is 0. The highest BCUT2D eigenvalue weighted by atomic mass is 14.0. The molecule has 0 amide bonds. The highest BCUT2D eigenvalue weighted by Crippen LogP contribution is 2.12. The van der Waals surface area contributed by atoms with E-state index in [0.29, 0.717) is 0 Å². The van der Waals surface area contributed by atoms with E-state index in [2.05, 4.69) is 39.8 Å². The molecule has 0 aliphatic carbocycles. The van der Waals surface area contributed by atoms with Crippen LogP contribution in [-0.4, -0.2) is 0 Å². The average molecular weight is 267 g/mol. The third-order valence-corrected chi connectivity index (χ3v) is 3.73. The Morgan fingerprint density at radius 3 is 1.58 bits per heavy atom. The molecule has 0 bridgehead atoms. The molecule has 0 nitrogen and oxygen atoms in total. The lowest BCUT2D eigenvalue weighted by molar-refractivity contribution is 0.509. The zero-order valence-electron chi connectivity index (χ0n) is 14.1. The molecule has 0 unspecified atom stereocenters. The topological polar surface area (TPSA) is 0 Å². The lowest BCUT2D eigenvalue weighted by Crippen LogP contribution is -1.87. The number of allylic oxidation sites excluding steroid dienone is 2. The highest BCUT2D eigenvalue weighted by Gasteiger charge is 1.95. The predicted octanol–water partition coefficient (Wildman–Crippen LogP) is 7.15. The smallest absolute Gasteiger partial charge is 0.0348 e. The first-order valence-corrected chi connectivity index (χ1v) is 8.78. The minimum Gasteiger partial charge on any atom is -0.0885 e. The number of unbranched alkanes of at least 4 members (excludes halogenated alkanes) is 7. The molecule has 0 saturated carbocycles. The predicted molar refractivity (Wildman–Crippen MR) is 89.6 cm³/mol. The van der Waals surface area contributed by atoms with E-state index in [4.69, 9.17) is 0 Å². The molecule has 0 heteroatoms. The fraction of sp³-hybridized carbons (Fsp3) is 0.895. The summed E-state index contributed by atoms with van der Waals surface area (Å²) in [6, 6.07) is 0. The van der Waals surface area contributed by atoms with Gasteiger partial charge in [0.2, 0.25) is 0 Å². The summed E-state index contributed by atoms with van der Waals surface area (Å²) in [4.78, 5) is 0. The maximum atomic E-state index is 2.39. The van der Waals surface area contributed by atoms with Crippen LogP contribution in [-0.2, 0) is 0 Å². The fourth-order valence-electron chi connectivity index (χ4n) is 2.36. The Labute approximate surface area is 123 Å². The number of hydrogen-bond donors (Lipinski definition) is 0. The highest BCUT2D eigenvalue weighted by molar-refractivity contribution is 4.81. The van der Waals surface area contributed by atoms with Crippen molar-refractivity contribution in [1.29, 1.82) is 0 Å². The molecule has 114 valence electrons. The summed E-state index contributed by atoms with van der Waals surface area (Å²) < 4.78 is 0. The van der Waals surface area contributed by atoms with Gasteiger partial charge in [-0.2, -0.15) is 0 Å². The molecule has 19 heavy (non-hydrogen) atoms. The zero-order chi connectivity index (χ0) is 14.3. The van der Waals surface area contributed by atoms with Crippen molar-refractivity contribution >= 4 is 0 Å². The first-order chi connectivity index (χ1) is 9.13. The fourth-order valence-corrected chi connectivity index (χ4v) is 2.36. The molecule has 0 radical (unpaired) electrons. The van der Waals surface area contributed by atoms with Crippen molar-refractivity contribution in [2.45, 2.75) is 98.3 Å². The van der Waals surface area contributed by atoms with Gasteiger partial charge in [0.1, 0.15) is 0 Å². The van der Waals surface area contributed by atoms with Gasteiger partial charge in [0.15, 0.2) is 0 Å². The zero-order valence-corrected chi connectivity index (χ0v) is 14.1. The van der Waals surface area contributed by atoms with Crippen molar-refractivity contribution in [2.75, 3.05) is 0 Å². The standard InChI is InChI=1S/C19H38/c1-18(2)16-14-12-10-8-6-5-7-9-11-13-15-17-19(3)4/h10,12,18-19H,5-9,11,13-17H2,1-4H3/b12-10-. The van der Waals surface area contributed by atoms with Crippen LogP contribution < -0.4 is 0 Å². The summed E-state index contributed by atoms with van der Waals surface area (Å²) in [6.45, 7) is 9.26. The second-order valence-electron chi connectivity index (χ2n) is 6.89. The second-order valence-corrected chi connectivity index (χ2v) is 6.89. The summed E-state index contributed by atoms with van der Waals surface area (Å²) in [7, 11) is 0. The Morgan fingerprint density at radius 1 is 0.526 bits per heavy atom. The normalized spacial score (nSPS) is 12.1. The lowest BCUT2D eigenvalue weighted by atomic mass is 10.0. The molecule has 0 atom stereocenters. The molecule has 0 heterocycles. The van der Waals surface area contributed by atoms with Crippen molar-refractivity contribution in [3.63, 3.8) is 0 Å². The third kappa shape index (κ3) is 17.7. The van der Waals surface area contributed by atoms with Gasteiger partial charge in [0, 0.05) is 0 Å². The number of rotatable bonds is 13. The van der Waals surface area contributed by atoms with Crippen molar-refractivity contribution in [3.8, 4) is 0 Å². The maximum absolute atomic E-state index is 2.39. The molecule has 0 N–H and O–H groups in total. The van der Waals surface area contributed by atoms with E-state index < -0.39 is 0 Å². The molecule has 0 saturated heterocycles. The minimum atomic E-state index is 0.848. The van der Waals surface area contributed by atoms with Crippen molar-refractivity contribution < 1.29 is 0 Å². The van der Waals surface area contributed by atoms with Crippen LogP contribution in [0, 0.1) is 11.8 Å². The van der Waals surface area contributed by atoms with Gasteiger partial charge in [-0.1, -0.05) is 84.8 Å². The molecule has 0 aliphatic heterocycles. The van der Waals surface area contributed by atoms with Crippen LogP contribution in [0.2, 0.25) is 0 Å². The number of hydrogen-bond acceptors (Lipinski definition) is 0. The monoisotopic (exact) mass is 266 g/mol. The molecule has 0 aromatic rings. The Hall–Kier alpha value is -0.260. The molecule has 0 aromatic heterocycles. The van der Waals surface area contributed by atoms with Crippen molar-refractivity contribution in [2.24, 2.45) is 11.8 Å². The van der Waals surface area contributed by atoms with Gasteiger partial charge in [-0.25, -0.2) is 0 Å². The van der Waals surface area contributed by atoms with Crippen LogP contribution in [0.5, 0.6) is 0 Å². The van der Waals surface area contributed by atoms with E-state index in [1.807, 2.05) is 0 Å². The van der Waals surface area contributed by atoms with Gasteiger partial charge in [-0.05, 0) is 37.5 Å². The Balaban J connectivity index is 3.06. The maximum Gasteiger partial charge on any atom is -0.0348 e. The summed E-state index contributed by atoms with van der Waals surface area (Å²) in [5.41, 5.74) is 0. The van der Waals surface area contributed by atoms with Crippen LogP contribution in [0.4, 0.5) is 0 Å². The van der Waals surface area contributed by atoms with Gasteiger partial charge in [-0.15, -0.1) is 0 Å². The summed E-state index contributed by atoms with van der Waals surface area (Å²) in [6.07, 6.45) is 20.2. The lowest BCUT2D eigenvalue weighted by Gasteiger charge is -2.04. The first kappa shape index (κ1) is 18.7. The van der Waals surface area contributed by atoms with Crippen LogP contribution in [0.25, 0.3) is 0 Å². The Bertz CT molecular complexity index is 188. The molecular weight excluding hydrogens is 228 g/mol. The van der Waals surface area contributed by atoms with E-state index in [9.17, 15) is 0 Å². The second kappa shape index (κ2) is 14.2. The van der Waals surface area contributed by atoms with E-state index in [1.54, 1.807) is 0 Å². The molecule has 0 aromatic carbocycles. The Morgan fingerprint density at radius 2 is 1.00 bits per heavy atom. The minimum absolute atomic E-state index is 0.848. The van der Waals surface area contributed by atoms with Crippen LogP contribution in [0.15, 0.2) is 12.2 Å². The first-order valence-electron chi connectivity index (χ1n) is 8.78. The molecule has 0 aliphatic rings. The van der Waals surface area contributed by atoms with Gasteiger partial charge in [-0.3, -0.25) is 0 Å². The van der Waals surface area contributed by atoms with Crippen molar-refractivity contribution in [3.05, 3.63) is 12.2 Å². The summed E-state index contributed by atoms with van der Waals surface area (Å²) >= 11 is 0. The van der Waals surface area contributed by atoms with Gasteiger partial charge < -0.3 is 0 Å². The van der Waals surface area contributed by atoms with Gasteiger partial charge >= 0.3 is 0 Å². The van der Waals surface area contributed by atoms with Crippen LogP contribution in [0.1, 0.15) is 98.3 Å². The quantitative estimate of drug-likeness (QED) is 0.245. The van der Waals surface area contributed by atoms with Crippen LogP contribution in [0.3, 0.4) is 0 Å².